The number of hydrogen-bond acceptors (Lipinski definition) is 5. The van der Waals surface area contributed by atoms with Crippen LogP contribution in [0.3, 0.4) is 0 Å². The van der Waals surface area contributed by atoms with Gasteiger partial charge in [-0.3, -0.25) is 4.79 Å². The Morgan fingerprint density at radius 2 is 2.26 bits per heavy atom. The maximum Gasteiger partial charge on any atom is 0.253 e. The van der Waals surface area contributed by atoms with Gasteiger partial charge in [0.05, 0.1) is 12.7 Å². The largest absolute Gasteiger partial charge is 0.375 e. The molecule has 1 aromatic rings. The molecular weight excluding hydrogens is 288 g/mol. The van der Waals surface area contributed by atoms with Gasteiger partial charge in [-0.15, -0.1) is 11.3 Å². The number of nitrogens with zero attached hydrogens (tertiary/aromatic N) is 1. The van der Waals surface area contributed by atoms with Gasteiger partial charge < -0.3 is 10.5 Å². The quantitative estimate of drug-likeness (QED) is 0.871. The number of carbonyl (C=O) groups is 1. The van der Waals surface area contributed by atoms with E-state index in [-0.39, 0.29) is 17.4 Å². The van der Waals surface area contributed by atoms with Crippen molar-refractivity contribution >= 4 is 27.3 Å². The first kappa shape index (κ1) is 14.4. The lowest BCUT2D eigenvalue weighted by molar-refractivity contribution is -0.130. The van der Waals surface area contributed by atoms with Crippen molar-refractivity contribution in [2.75, 3.05) is 13.2 Å². The summed E-state index contributed by atoms with van der Waals surface area (Å²) in [5.74, 6) is -0.691. The van der Waals surface area contributed by atoms with E-state index in [9.17, 15) is 13.2 Å². The Bertz CT molecular complexity index is 581. The van der Waals surface area contributed by atoms with Crippen LogP contribution in [0, 0.1) is 6.92 Å². The van der Waals surface area contributed by atoms with Gasteiger partial charge in [-0.2, -0.15) is 4.31 Å². The fourth-order valence-corrected chi connectivity index (χ4v) is 5.09. The third kappa shape index (κ3) is 2.66. The number of thiophene rings is 1. The van der Waals surface area contributed by atoms with Crippen LogP contribution in [0.4, 0.5) is 0 Å². The number of hydrogen-bond donors (Lipinski definition) is 1. The van der Waals surface area contributed by atoms with Gasteiger partial charge in [-0.05, 0) is 30.9 Å². The first-order valence-electron chi connectivity index (χ1n) is 5.82. The molecular formula is C11H16N2O4S2. The first-order chi connectivity index (χ1) is 8.84. The van der Waals surface area contributed by atoms with E-state index in [1.807, 2.05) is 6.92 Å². The van der Waals surface area contributed by atoms with Crippen molar-refractivity contribution in [1.82, 2.24) is 4.31 Å². The Morgan fingerprint density at radius 3 is 2.79 bits per heavy atom. The zero-order valence-corrected chi connectivity index (χ0v) is 12.3. The van der Waals surface area contributed by atoms with Crippen molar-refractivity contribution in [2.24, 2.45) is 5.73 Å². The highest BCUT2D eigenvalue weighted by molar-refractivity contribution is 7.91. The zero-order valence-electron chi connectivity index (χ0n) is 10.7. The number of morpholine rings is 1. The fraction of sp³-hybridized carbons (Fsp3) is 0.545. The number of ether oxygens (including phenoxy) is 1. The molecule has 1 aliphatic heterocycles. The van der Waals surface area contributed by atoms with Crippen molar-refractivity contribution in [2.45, 2.75) is 30.2 Å². The van der Waals surface area contributed by atoms with Gasteiger partial charge in [0, 0.05) is 6.54 Å². The second kappa shape index (κ2) is 5.20. The summed E-state index contributed by atoms with van der Waals surface area (Å²) in [4.78, 5) is 11.5. The van der Waals surface area contributed by atoms with Gasteiger partial charge in [0.1, 0.15) is 10.3 Å². The van der Waals surface area contributed by atoms with Crippen LogP contribution in [0.1, 0.15) is 12.5 Å². The molecule has 0 aliphatic carbocycles. The van der Waals surface area contributed by atoms with Crippen LogP contribution in [-0.2, 0) is 19.6 Å². The molecule has 2 heterocycles. The van der Waals surface area contributed by atoms with Crippen LogP contribution in [-0.4, -0.2) is 43.9 Å². The molecule has 8 heteroatoms. The maximum atomic E-state index is 12.5. The van der Waals surface area contributed by atoms with Crippen LogP contribution in [0.5, 0.6) is 0 Å². The number of rotatable bonds is 3. The van der Waals surface area contributed by atoms with Crippen LogP contribution >= 0.6 is 11.3 Å². The van der Waals surface area contributed by atoms with E-state index in [2.05, 4.69) is 0 Å². The van der Waals surface area contributed by atoms with Crippen LogP contribution in [0.25, 0.3) is 0 Å². The molecule has 2 rings (SSSR count). The lowest BCUT2D eigenvalue weighted by Crippen LogP contribution is -2.58. The smallest absolute Gasteiger partial charge is 0.253 e. The van der Waals surface area contributed by atoms with Crippen molar-refractivity contribution in [3.8, 4) is 0 Å². The van der Waals surface area contributed by atoms with Crippen LogP contribution in [0.15, 0.2) is 15.7 Å². The molecule has 0 aromatic carbocycles. The number of carbonyl (C=O) groups excluding carboxylic acids is 1. The fourth-order valence-electron chi connectivity index (χ4n) is 2.09. The van der Waals surface area contributed by atoms with E-state index < -0.39 is 28.1 Å². The number of sulfonamides is 1. The lowest BCUT2D eigenvalue weighted by atomic mass is 10.1. The third-order valence-electron chi connectivity index (χ3n) is 3.01. The summed E-state index contributed by atoms with van der Waals surface area (Å²) in [5.41, 5.74) is 6.18. The maximum absolute atomic E-state index is 12.5. The number of aryl methyl sites for hydroxylation is 1. The predicted octanol–water partition coefficient (Wildman–Crippen LogP) is 0.320. The van der Waals surface area contributed by atoms with Crippen molar-refractivity contribution in [3.63, 3.8) is 0 Å². The van der Waals surface area contributed by atoms with E-state index in [0.29, 0.717) is 0 Å². The molecule has 1 amide bonds. The summed E-state index contributed by atoms with van der Waals surface area (Å²) >= 11 is 1.14. The van der Waals surface area contributed by atoms with E-state index in [1.165, 1.54) is 0 Å². The number of primary amides is 1. The Hall–Kier alpha value is -0.960. The summed E-state index contributed by atoms with van der Waals surface area (Å²) in [5, 5.41) is 1.76. The molecule has 6 nitrogen and oxygen atoms in total. The molecule has 1 aromatic heterocycles. The highest BCUT2D eigenvalue weighted by atomic mass is 32.2. The van der Waals surface area contributed by atoms with Gasteiger partial charge in [0.25, 0.3) is 10.0 Å². The molecule has 1 aliphatic rings. The standard InChI is InChI=1S/C11H16N2O4S2/c1-7-5-9(18-6-7)19(15,16)13-3-4-17-8(2)10(13)11(12)14/h5-6,8,10H,3-4H2,1-2H3,(H2,12,14)/t8-,10+/m1/s1. The Morgan fingerprint density at radius 1 is 1.58 bits per heavy atom. The number of nitrogens with two attached hydrogens (primary N) is 1. The van der Waals surface area contributed by atoms with Gasteiger partial charge in [-0.1, -0.05) is 0 Å². The summed E-state index contributed by atoms with van der Waals surface area (Å²) < 4.78 is 31.8. The highest BCUT2D eigenvalue weighted by Crippen LogP contribution is 2.27. The van der Waals surface area contributed by atoms with E-state index in [4.69, 9.17) is 10.5 Å². The SMILES string of the molecule is Cc1csc(S(=O)(=O)N2CCO[C@H](C)[C@H]2C(N)=O)c1. The first-order valence-corrected chi connectivity index (χ1v) is 8.14. The number of amides is 1. The normalized spacial score (nSPS) is 25.4. The second-order valence-electron chi connectivity index (χ2n) is 4.48. The topological polar surface area (TPSA) is 89.7 Å². The molecule has 0 bridgehead atoms. The lowest BCUT2D eigenvalue weighted by Gasteiger charge is -2.36. The summed E-state index contributed by atoms with van der Waals surface area (Å²) in [6.07, 6.45) is -0.540. The van der Waals surface area contributed by atoms with Gasteiger partial charge >= 0.3 is 0 Å². The van der Waals surface area contributed by atoms with Crippen LogP contribution < -0.4 is 5.73 Å². The molecule has 0 spiro atoms. The Balaban J connectivity index is 2.40. The molecule has 0 unspecified atom stereocenters. The minimum atomic E-state index is -3.70. The highest BCUT2D eigenvalue weighted by Gasteiger charge is 2.41. The van der Waals surface area contributed by atoms with E-state index >= 15 is 0 Å². The zero-order chi connectivity index (χ0) is 14.2. The third-order valence-corrected chi connectivity index (χ3v) is 6.42. The van der Waals surface area contributed by atoms with Crippen molar-refractivity contribution in [3.05, 3.63) is 17.0 Å². The van der Waals surface area contributed by atoms with Gasteiger partial charge in [0.15, 0.2) is 0 Å². The predicted molar refractivity (Wildman–Crippen MR) is 71.3 cm³/mol. The summed E-state index contributed by atoms with van der Waals surface area (Å²) in [7, 11) is -3.70. The molecule has 1 saturated heterocycles. The average molecular weight is 304 g/mol. The minimum absolute atomic E-state index is 0.136. The van der Waals surface area contributed by atoms with Crippen molar-refractivity contribution in [1.29, 1.82) is 0 Å². The Labute approximate surface area is 116 Å². The summed E-state index contributed by atoms with van der Waals surface area (Å²) in [6.45, 7) is 3.87. The van der Waals surface area contributed by atoms with Crippen molar-refractivity contribution < 1.29 is 17.9 Å². The molecule has 19 heavy (non-hydrogen) atoms. The summed E-state index contributed by atoms with van der Waals surface area (Å²) in [6, 6.07) is 0.638. The monoisotopic (exact) mass is 304 g/mol. The molecule has 0 radical (unpaired) electrons. The Kier molecular flexibility index (Phi) is 3.95. The van der Waals surface area contributed by atoms with Crippen LogP contribution in [0.2, 0.25) is 0 Å². The van der Waals surface area contributed by atoms with Gasteiger partial charge in [-0.25, -0.2) is 8.42 Å². The molecule has 2 atom stereocenters. The average Bonchev–Trinajstić information content (AvgIpc) is 2.75. The molecule has 1 fully saturated rings. The van der Waals surface area contributed by atoms with E-state index in [0.717, 1.165) is 21.2 Å². The van der Waals surface area contributed by atoms with Gasteiger partial charge in [0.2, 0.25) is 5.91 Å². The molecule has 106 valence electrons. The second-order valence-corrected chi connectivity index (χ2v) is 7.51. The molecule has 0 saturated carbocycles. The van der Waals surface area contributed by atoms with E-state index in [1.54, 1.807) is 18.4 Å². The molecule has 2 N–H and O–H groups in total. The minimum Gasteiger partial charge on any atom is -0.375 e.